The Hall–Kier alpha value is -3.33. The monoisotopic (exact) mass is 1020 g/mol. The van der Waals surface area contributed by atoms with E-state index in [1.807, 2.05) is 33.3 Å². The van der Waals surface area contributed by atoms with E-state index in [2.05, 4.69) is 123 Å². The summed E-state index contributed by atoms with van der Waals surface area (Å²) in [5.41, 5.74) is 0. The normalized spacial score (nSPS) is 14.6. The number of hydrogen-bond acceptors (Lipinski definition) is 6. The molecule has 412 valence electrons. The number of rotatable bonds is 50. The number of unbranched alkanes of at least 4 members (excludes halogenated alkanes) is 18. The summed E-state index contributed by atoms with van der Waals surface area (Å²) >= 11 is 0. The second-order valence-electron chi connectivity index (χ2n) is 20.0. The van der Waals surface area contributed by atoms with E-state index in [-0.39, 0.29) is 31.5 Å². The molecule has 0 aromatic heterocycles. The quantitative estimate of drug-likeness (QED) is 0.0205. The summed E-state index contributed by atoms with van der Waals surface area (Å²) in [6.45, 7) is 6.73. The maximum Gasteiger partial charge on any atom is 0.472 e. The van der Waals surface area contributed by atoms with Gasteiger partial charge in [-0.25, -0.2) is 4.57 Å². The number of nitrogens with one attached hydrogen (secondary N) is 1. The number of likely N-dealkylation sites (N-methyl/N-ethyl adjacent to an activating group) is 1. The van der Waals surface area contributed by atoms with Gasteiger partial charge in [-0.3, -0.25) is 18.6 Å². The van der Waals surface area contributed by atoms with Crippen molar-refractivity contribution < 1.29 is 37.3 Å². The van der Waals surface area contributed by atoms with E-state index in [1.54, 1.807) is 0 Å². The summed E-state index contributed by atoms with van der Waals surface area (Å²) in [5.74, 6) is -0.575. The molecule has 0 spiro atoms. The Morgan fingerprint density at radius 2 is 0.889 bits per heavy atom. The highest BCUT2D eigenvalue weighted by Crippen LogP contribution is 2.43. The van der Waals surface area contributed by atoms with E-state index in [4.69, 9.17) is 13.8 Å². The molecule has 10 heteroatoms. The highest BCUT2D eigenvalue weighted by Gasteiger charge is 2.30. The molecule has 2 N–H and O–H groups in total. The highest BCUT2D eigenvalue weighted by atomic mass is 31.2. The van der Waals surface area contributed by atoms with Gasteiger partial charge in [-0.15, -0.1) is 0 Å². The molecule has 0 heterocycles. The van der Waals surface area contributed by atoms with Gasteiger partial charge in [0, 0.05) is 12.8 Å². The van der Waals surface area contributed by atoms with Gasteiger partial charge in [-0.2, -0.15) is 0 Å². The number of carbonyl (C=O) groups excluding carboxylic acids is 2. The number of esters is 1. The zero-order valence-electron chi connectivity index (χ0n) is 46.9. The minimum absolute atomic E-state index is 0.0257. The average molecular weight is 1020 g/mol. The van der Waals surface area contributed by atoms with Crippen LogP contribution in [0.5, 0.6) is 0 Å². The first-order chi connectivity index (χ1) is 34.9. The lowest BCUT2D eigenvalue weighted by Crippen LogP contribution is -2.47. The topological polar surface area (TPSA) is 111 Å². The molecule has 0 bridgehead atoms. The molecule has 1 amide bonds. The smallest absolute Gasteiger partial charge is 0.456 e. The third kappa shape index (κ3) is 51.6. The molecule has 0 saturated heterocycles. The predicted molar refractivity (Wildman–Crippen MR) is 309 cm³/mol. The van der Waals surface area contributed by atoms with Crippen LogP contribution in [0.4, 0.5) is 0 Å². The maximum atomic E-state index is 13.5. The standard InChI is InChI=1S/C62H107N2O7P/c1-7-10-13-16-19-22-25-27-29-30-31-32-33-34-35-37-40-43-46-49-52-55-62(66)71-60(53-50-47-44-41-38-24-21-18-15-12-9-3)59(58-70-72(67,68)69-57-56-64(4,5)6)63-61(65)54-51-48-45-42-39-36-28-26-23-20-17-14-11-8-2/h10-11,13-14,19-20,22-23,27,29,31-32,34-35,40,43,50,53,59-60H,7-9,12,15-18,21,24-26,28,30,33,36-39,41-42,44-49,51-52,54-58H2,1-6H3,(H-,63,65,67,68)/p+1/b13-10-,14-11+,22-19-,23-20+,29-27-,32-31-,35-34-,43-40-,53-50-. The molecule has 0 aliphatic heterocycles. The van der Waals surface area contributed by atoms with Crippen LogP contribution < -0.4 is 5.32 Å². The molecule has 0 aromatic rings. The number of nitrogens with zero attached hydrogens (tertiary/aromatic N) is 1. The third-order valence-electron chi connectivity index (χ3n) is 12.0. The number of ether oxygens (including phenoxy) is 1. The maximum absolute atomic E-state index is 13.5. The number of quaternary nitrogens is 1. The molecule has 0 rings (SSSR count). The van der Waals surface area contributed by atoms with Gasteiger partial charge in [0.2, 0.25) is 5.91 Å². The Balaban J connectivity index is 5.39. The summed E-state index contributed by atoms with van der Waals surface area (Å²) in [6, 6.07) is -0.876. The summed E-state index contributed by atoms with van der Waals surface area (Å²) in [7, 11) is 1.45. The van der Waals surface area contributed by atoms with E-state index in [0.717, 1.165) is 116 Å². The fourth-order valence-corrected chi connectivity index (χ4v) is 8.30. The lowest BCUT2D eigenvalue weighted by molar-refractivity contribution is -0.870. The Labute approximate surface area is 442 Å². The zero-order valence-corrected chi connectivity index (χ0v) is 47.8. The van der Waals surface area contributed by atoms with E-state index >= 15 is 0 Å². The van der Waals surface area contributed by atoms with Gasteiger partial charge >= 0.3 is 13.8 Å². The molecule has 0 fully saturated rings. The van der Waals surface area contributed by atoms with E-state index in [9.17, 15) is 19.0 Å². The summed E-state index contributed by atoms with van der Waals surface area (Å²) in [6.07, 6.45) is 69.5. The fraction of sp³-hybridized carbons (Fsp3) is 0.677. The van der Waals surface area contributed by atoms with Crippen molar-refractivity contribution in [2.24, 2.45) is 0 Å². The Morgan fingerprint density at radius 3 is 1.35 bits per heavy atom. The van der Waals surface area contributed by atoms with Gasteiger partial charge < -0.3 is 19.4 Å². The molecular formula is C62H108N2O7P+. The van der Waals surface area contributed by atoms with Crippen LogP contribution in [0, 0.1) is 0 Å². The Bertz CT molecular complexity index is 1600. The van der Waals surface area contributed by atoms with E-state index in [0.29, 0.717) is 23.9 Å². The van der Waals surface area contributed by atoms with Crippen LogP contribution in [0.25, 0.3) is 0 Å². The van der Waals surface area contributed by atoms with Crippen LogP contribution in [0.1, 0.15) is 220 Å². The molecule has 3 atom stereocenters. The zero-order chi connectivity index (χ0) is 52.9. The van der Waals surface area contributed by atoms with Crippen molar-refractivity contribution in [3.63, 3.8) is 0 Å². The molecule has 72 heavy (non-hydrogen) atoms. The van der Waals surface area contributed by atoms with Crippen LogP contribution in [0.15, 0.2) is 109 Å². The molecule has 0 saturated carbocycles. The van der Waals surface area contributed by atoms with Gasteiger partial charge in [0.25, 0.3) is 0 Å². The van der Waals surface area contributed by atoms with Gasteiger partial charge in [0.1, 0.15) is 19.3 Å². The van der Waals surface area contributed by atoms with Crippen molar-refractivity contribution in [1.29, 1.82) is 0 Å². The van der Waals surface area contributed by atoms with Gasteiger partial charge in [0.05, 0.1) is 33.8 Å². The highest BCUT2D eigenvalue weighted by molar-refractivity contribution is 7.47. The van der Waals surface area contributed by atoms with Gasteiger partial charge in [-0.05, 0) is 109 Å². The molecule has 0 aromatic carbocycles. The Morgan fingerprint density at radius 1 is 0.500 bits per heavy atom. The van der Waals surface area contributed by atoms with Crippen LogP contribution in [-0.4, -0.2) is 74.3 Å². The lowest BCUT2D eigenvalue weighted by atomic mass is 10.1. The summed E-state index contributed by atoms with van der Waals surface area (Å²) < 4.78 is 30.5. The first kappa shape index (κ1) is 68.7. The van der Waals surface area contributed by atoms with Gasteiger partial charge in [-0.1, -0.05) is 208 Å². The van der Waals surface area contributed by atoms with Crippen molar-refractivity contribution in [1.82, 2.24) is 5.32 Å². The summed E-state index contributed by atoms with van der Waals surface area (Å²) in [5, 5.41) is 3.03. The molecule has 9 nitrogen and oxygen atoms in total. The van der Waals surface area contributed by atoms with Crippen molar-refractivity contribution in [2.45, 2.75) is 232 Å². The lowest BCUT2D eigenvalue weighted by Gasteiger charge is -2.27. The molecular weight excluding hydrogens is 916 g/mol. The SMILES string of the molecule is CC/C=C\C/C=C\C/C=C\C/C=C\C/C=C\C/C=C\CCCCC(=O)OC(/C=C\CCCCCCCCCCC)C(COP(=O)(O)OCC[N+](C)(C)C)NC(=O)CCCCCCCCC/C=C/C/C=C/CC. The molecule has 0 radical (unpaired) electrons. The second-order valence-corrected chi connectivity index (χ2v) is 21.5. The number of amides is 1. The van der Waals surface area contributed by atoms with Crippen molar-refractivity contribution >= 4 is 19.7 Å². The molecule has 0 aliphatic rings. The average Bonchev–Trinajstić information content (AvgIpc) is 3.34. The largest absolute Gasteiger partial charge is 0.472 e. The van der Waals surface area contributed by atoms with Crippen LogP contribution >= 0.6 is 7.82 Å². The number of allylic oxidation sites excluding steroid dienone is 17. The van der Waals surface area contributed by atoms with E-state index in [1.165, 1.54) is 64.2 Å². The first-order valence-corrected chi connectivity index (χ1v) is 30.2. The number of phosphoric acid groups is 1. The third-order valence-corrected chi connectivity index (χ3v) is 12.9. The molecule has 3 unspecified atom stereocenters. The van der Waals surface area contributed by atoms with Crippen LogP contribution in [0.2, 0.25) is 0 Å². The van der Waals surface area contributed by atoms with Crippen molar-refractivity contribution in [2.75, 3.05) is 40.9 Å². The Kier molecular flexibility index (Phi) is 48.8. The predicted octanol–water partition coefficient (Wildman–Crippen LogP) is 17.4. The molecule has 0 aliphatic carbocycles. The fourth-order valence-electron chi connectivity index (χ4n) is 7.57. The minimum Gasteiger partial charge on any atom is -0.456 e. The second kappa shape index (κ2) is 51.2. The van der Waals surface area contributed by atoms with E-state index < -0.39 is 20.0 Å². The summed E-state index contributed by atoms with van der Waals surface area (Å²) in [4.78, 5) is 37.6. The van der Waals surface area contributed by atoms with Crippen LogP contribution in [-0.2, 0) is 27.9 Å². The van der Waals surface area contributed by atoms with Crippen molar-refractivity contribution in [3.05, 3.63) is 109 Å². The minimum atomic E-state index is -4.46. The number of hydrogen-bond donors (Lipinski definition) is 2. The first-order valence-electron chi connectivity index (χ1n) is 28.7. The van der Waals surface area contributed by atoms with Gasteiger partial charge in [0.15, 0.2) is 0 Å². The number of phosphoric ester groups is 1. The number of carbonyl (C=O) groups is 2. The van der Waals surface area contributed by atoms with Crippen LogP contribution in [0.3, 0.4) is 0 Å². The van der Waals surface area contributed by atoms with Crippen molar-refractivity contribution in [3.8, 4) is 0 Å².